The van der Waals surface area contributed by atoms with Gasteiger partial charge in [-0.15, -0.1) is 0 Å². The van der Waals surface area contributed by atoms with E-state index in [0.29, 0.717) is 0 Å². The molecule has 5 nitrogen and oxygen atoms in total. The van der Waals surface area contributed by atoms with Gasteiger partial charge in [0.2, 0.25) is 5.78 Å². The van der Waals surface area contributed by atoms with Gasteiger partial charge in [-0.1, -0.05) is 11.6 Å². The Labute approximate surface area is 117 Å². The van der Waals surface area contributed by atoms with E-state index in [2.05, 4.69) is 0 Å². The molecule has 1 N–H and O–H groups in total. The van der Waals surface area contributed by atoms with E-state index in [1.165, 1.54) is 19.1 Å². The maximum absolute atomic E-state index is 12.3. The lowest BCUT2D eigenvalue weighted by molar-refractivity contribution is 0.0947. The zero-order chi connectivity index (χ0) is 14.6. The number of phenolic OH excluding ortho intramolecular Hbond substituents is 1. The highest BCUT2D eigenvalue weighted by atomic mass is 35.5. The van der Waals surface area contributed by atoms with Gasteiger partial charge in [0.05, 0.1) is 10.6 Å². The van der Waals surface area contributed by atoms with Crippen LogP contribution in [0.2, 0.25) is 5.02 Å². The molecule has 0 fully saturated rings. The SMILES string of the molecule is CC(=O)c1cc2c(o1)C(=O)c1cc(Cl)c(O)cc1C2=O. The predicted octanol–water partition coefficient (Wildman–Crippen LogP) is 2.62. The van der Waals surface area contributed by atoms with E-state index in [9.17, 15) is 19.5 Å². The van der Waals surface area contributed by atoms with Gasteiger partial charge in [0.25, 0.3) is 0 Å². The molecular weight excluding hydrogens is 284 g/mol. The summed E-state index contributed by atoms with van der Waals surface area (Å²) in [6.45, 7) is 1.27. The van der Waals surface area contributed by atoms with Gasteiger partial charge in [0.15, 0.2) is 23.1 Å². The first-order valence-corrected chi connectivity index (χ1v) is 6.04. The first-order chi connectivity index (χ1) is 9.40. The van der Waals surface area contributed by atoms with Gasteiger partial charge in [0.1, 0.15) is 5.75 Å². The summed E-state index contributed by atoms with van der Waals surface area (Å²) in [5.74, 6) is -1.92. The minimum atomic E-state index is -0.538. The van der Waals surface area contributed by atoms with E-state index in [-0.39, 0.29) is 44.8 Å². The van der Waals surface area contributed by atoms with Crippen molar-refractivity contribution in [3.8, 4) is 5.75 Å². The second-order valence-electron chi connectivity index (χ2n) is 4.42. The zero-order valence-corrected chi connectivity index (χ0v) is 10.9. The number of fused-ring (bicyclic) bond motifs is 2. The lowest BCUT2D eigenvalue weighted by Gasteiger charge is -2.13. The monoisotopic (exact) mass is 290 g/mol. The third-order valence-corrected chi connectivity index (χ3v) is 3.41. The number of Topliss-reactive ketones (excluding diaryl/α,β-unsaturated/α-hetero) is 1. The second kappa shape index (κ2) is 4.05. The molecule has 0 aliphatic heterocycles. The van der Waals surface area contributed by atoms with Crippen LogP contribution in [0.5, 0.6) is 5.75 Å². The Balaban J connectivity index is 2.28. The van der Waals surface area contributed by atoms with Gasteiger partial charge >= 0.3 is 0 Å². The summed E-state index contributed by atoms with van der Waals surface area (Å²) in [6, 6.07) is 3.60. The molecule has 0 saturated carbocycles. The number of furan rings is 1. The number of rotatable bonds is 1. The van der Waals surface area contributed by atoms with Crippen LogP contribution in [0.1, 0.15) is 49.5 Å². The average Bonchev–Trinajstić information content (AvgIpc) is 2.84. The quantitative estimate of drug-likeness (QED) is 0.696. The van der Waals surface area contributed by atoms with Gasteiger partial charge in [0, 0.05) is 18.1 Å². The zero-order valence-electron chi connectivity index (χ0n) is 10.2. The summed E-state index contributed by atoms with van der Waals surface area (Å²) < 4.78 is 5.15. The maximum Gasteiger partial charge on any atom is 0.229 e. The van der Waals surface area contributed by atoms with Crippen LogP contribution in [0.15, 0.2) is 22.6 Å². The summed E-state index contributed by atoms with van der Waals surface area (Å²) >= 11 is 5.74. The molecule has 1 aliphatic rings. The van der Waals surface area contributed by atoms with Crippen molar-refractivity contribution < 1.29 is 23.9 Å². The van der Waals surface area contributed by atoms with E-state index in [1.54, 1.807) is 0 Å². The third kappa shape index (κ3) is 1.60. The van der Waals surface area contributed by atoms with Crippen LogP contribution in [0.4, 0.5) is 0 Å². The van der Waals surface area contributed by atoms with Gasteiger partial charge < -0.3 is 9.52 Å². The largest absolute Gasteiger partial charge is 0.506 e. The van der Waals surface area contributed by atoms with E-state index < -0.39 is 11.6 Å². The van der Waals surface area contributed by atoms with Crippen molar-refractivity contribution in [2.24, 2.45) is 0 Å². The molecular formula is C14H7ClO5. The highest BCUT2D eigenvalue weighted by molar-refractivity contribution is 6.34. The minimum Gasteiger partial charge on any atom is -0.506 e. The topological polar surface area (TPSA) is 84.6 Å². The van der Waals surface area contributed by atoms with E-state index in [4.69, 9.17) is 16.0 Å². The second-order valence-corrected chi connectivity index (χ2v) is 4.82. The van der Waals surface area contributed by atoms with Gasteiger partial charge in [-0.3, -0.25) is 14.4 Å². The van der Waals surface area contributed by atoms with E-state index >= 15 is 0 Å². The number of phenols is 1. The summed E-state index contributed by atoms with van der Waals surface area (Å²) in [6.07, 6.45) is 0. The first kappa shape index (κ1) is 12.6. The van der Waals surface area contributed by atoms with Crippen LogP contribution in [0, 0.1) is 0 Å². The summed E-state index contributed by atoms with van der Waals surface area (Å²) in [7, 11) is 0. The van der Waals surface area contributed by atoms with Crippen molar-refractivity contribution in [1.82, 2.24) is 0 Å². The molecule has 0 radical (unpaired) electrons. The number of benzene rings is 1. The molecule has 0 unspecified atom stereocenters. The lowest BCUT2D eigenvalue weighted by Crippen LogP contribution is -2.19. The maximum atomic E-state index is 12.3. The Morgan fingerprint density at radius 3 is 2.40 bits per heavy atom. The standard InChI is InChI=1S/C14H7ClO5/c1-5(16)11-4-8-12(18)7-3-10(17)9(15)2-6(7)13(19)14(8)20-11/h2-4,17H,1H3. The van der Waals surface area contributed by atoms with Gasteiger partial charge in [-0.05, 0) is 18.2 Å². The average molecular weight is 291 g/mol. The highest BCUT2D eigenvalue weighted by Crippen LogP contribution is 2.35. The van der Waals surface area contributed by atoms with Crippen LogP contribution in [-0.4, -0.2) is 22.5 Å². The predicted molar refractivity (Wildman–Crippen MR) is 68.7 cm³/mol. The molecule has 100 valence electrons. The number of hydrogen-bond donors (Lipinski definition) is 1. The van der Waals surface area contributed by atoms with Crippen LogP contribution in [0.25, 0.3) is 0 Å². The fourth-order valence-corrected chi connectivity index (χ4v) is 2.27. The Morgan fingerprint density at radius 1 is 1.10 bits per heavy atom. The Kier molecular flexibility index (Phi) is 2.55. The normalized spacial score (nSPS) is 13.1. The van der Waals surface area contributed by atoms with Crippen molar-refractivity contribution in [3.05, 3.63) is 51.4 Å². The van der Waals surface area contributed by atoms with Crippen LogP contribution >= 0.6 is 11.6 Å². The molecule has 1 aliphatic carbocycles. The summed E-state index contributed by atoms with van der Waals surface area (Å²) in [5.41, 5.74) is 0.115. The fraction of sp³-hybridized carbons (Fsp3) is 0.0714. The smallest absolute Gasteiger partial charge is 0.229 e. The van der Waals surface area contributed by atoms with E-state index in [1.807, 2.05) is 0 Å². The molecule has 3 rings (SSSR count). The molecule has 1 aromatic heterocycles. The summed E-state index contributed by atoms with van der Waals surface area (Å²) in [4.78, 5) is 35.8. The molecule has 2 aromatic rings. The fourth-order valence-electron chi connectivity index (χ4n) is 2.11. The first-order valence-electron chi connectivity index (χ1n) is 5.67. The molecule has 6 heteroatoms. The summed E-state index contributed by atoms with van der Waals surface area (Å²) in [5, 5.41) is 9.51. The molecule has 20 heavy (non-hydrogen) atoms. The molecule has 1 heterocycles. The Bertz CT molecular complexity index is 742. The minimum absolute atomic E-state index is 0.0226. The molecule has 0 amide bonds. The van der Waals surface area contributed by atoms with Gasteiger partial charge in [-0.25, -0.2) is 0 Å². The number of aromatic hydroxyl groups is 1. The number of carbonyl (C=O) groups is 3. The number of carbonyl (C=O) groups excluding carboxylic acids is 3. The van der Waals surface area contributed by atoms with Crippen molar-refractivity contribution >= 4 is 29.0 Å². The van der Waals surface area contributed by atoms with Crippen LogP contribution in [-0.2, 0) is 0 Å². The molecule has 1 aromatic carbocycles. The Hall–Kier alpha value is -2.40. The molecule has 0 bridgehead atoms. The highest BCUT2D eigenvalue weighted by Gasteiger charge is 2.35. The third-order valence-electron chi connectivity index (χ3n) is 3.11. The van der Waals surface area contributed by atoms with E-state index in [0.717, 1.165) is 6.07 Å². The molecule has 0 atom stereocenters. The van der Waals surface area contributed by atoms with Gasteiger partial charge in [-0.2, -0.15) is 0 Å². The van der Waals surface area contributed by atoms with Crippen LogP contribution < -0.4 is 0 Å². The van der Waals surface area contributed by atoms with Crippen molar-refractivity contribution in [3.63, 3.8) is 0 Å². The molecule has 0 spiro atoms. The van der Waals surface area contributed by atoms with Crippen molar-refractivity contribution in [2.75, 3.05) is 0 Å². The lowest BCUT2D eigenvalue weighted by atomic mass is 9.88. The number of hydrogen-bond acceptors (Lipinski definition) is 5. The number of halogens is 1. The molecule has 0 saturated heterocycles. The van der Waals surface area contributed by atoms with Crippen molar-refractivity contribution in [1.29, 1.82) is 0 Å². The Morgan fingerprint density at radius 2 is 1.75 bits per heavy atom. The van der Waals surface area contributed by atoms with Crippen molar-refractivity contribution in [2.45, 2.75) is 6.92 Å². The number of ketones is 3. The van der Waals surface area contributed by atoms with Crippen LogP contribution in [0.3, 0.4) is 0 Å².